The van der Waals surface area contributed by atoms with E-state index in [-0.39, 0.29) is 11.7 Å². The van der Waals surface area contributed by atoms with E-state index in [2.05, 4.69) is 4.98 Å². The fourth-order valence-corrected chi connectivity index (χ4v) is 2.66. The van der Waals surface area contributed by atoms with Crippen LogP contribution in [-0.4, -0.2) is 9.55 Å². The molecule has 0 bridgehead atoms. The Morgan fingerprint density at radius 2 is 2.00 bits per heavy atom. The monoisotopic (exact) mass is 308 g/mol. The average molecular weight is 309 g/mol. The summed E-state index contributed by atoms with van der Waals surface area (Å²) in [6.45, 7) is 0.558. The standard InChI is InChI=1S/C15H11Cl2FN2/c16-8-15-19-13-5-4-12(18)7-14(13)20(15)9-10-2-1-3-11(17)6-10/h1-7H,8-9H2. The second-order valence-corrected chi connectivity index (χ2v) is 5.21. The predicted molar refractivity (Wildman–Crippen MR) is 79.8 cm³/mol. The van der Waals surface area contributed by atoms with E-state index in [1.807, 2.05) is 28.8 Å². The van der Waals surface area contributed by atoms with Crippen molar-refractivity contribution in [2.24, 2.45) is 0 Å². The third-order valence-electron chi connectivity index (χ3n) is 3.14. The van der Waals surface area contributed by atoms with Crippen LogP contribution in [0.1, 0.15) is 11.4 Å². The molecule has 1 aromatic heterocycles. The van der Waals surface area contributed by atoms with Crippen LogP contribution in [0.15, 0.2) is 42.5 Å². The average Bonchev–Trinajstić information content (AvgIpc) is 2.76. The molecule has 1 heterocycles. The Morgan fingerprint density at radius 3 is 2.75 bits per heavy atom. The maximum atomic E-state index is 13.4. The van der Waals surface area contributed by atoms with Gasteiger partial charge in [-0.3, -0.25) is 0 Å². The third-order valence-corrected chi connectivity index (χ3v) is 3.61. The first-order valence-corrected chi connectivity index (χ1v) is 7.03. The molecule has 20 heavy (non-hydrogen) atoms. The summed E-state index contributed by atoms with van der Waals surface area (Å²) in [6.07, 6.45) is 0. The summed E-state index contributed by atoms with van der Waals surface area (Å²) >= 11 is 11.9. The van der Waals surface area contributed by atoms with Crippen LogP contribution in [0.3, 0.4) is 0 Å². The van der Waals surface area contributed by atoms with Crippen molar-refractivity contribution in [3.05, 3.63) is 64.7 Å². The van der Waals surface area contributed by atoms with Gasteiger partial charge >= 0.3 is 0 Å². The molecule has 0 radical (unpaired) electrons. The van der Waals surface area contributed by atoms with Crippen molar-refractivity contribution in [3.63, 3.8) is 0 Å². The Hall–Kier alpha value is -1.58. The van der Waals surface area contributed by atoms with Crippen molar-refractivity contribution in [2.45, 2.75) is 12.4 Å². The minimum absolute atomic E-state index is 0.275. The maximum Gasteiger partial charge on any atom is 0.125 e. The second-order valence-electron chi connectivity index (χ2n) is 4.51. The molecule has 0 aliphatic heterocycles. The molecule has 3 rings (SSSR count). The van der Waals surface area contributed by atoms with Crippen LogP contribution in [0, 0.1) is 5.82 Å². The number of benzene rings is 2. The van der Waals surface area contributed by atoms with Crippen LogP contribution in [0.25, 0.3) is 11.0 Å². The largest absolute Gasteiger partial charge is 0.322 e. The highest BCUT2D eigenvalue weighted by atomic mass is 35.5. The minimum atomic E-state index is -0.286. The zero-order valence-electron chi connectivity index (χ0n) is 10.5. The van der Waals surface area contributed by atoms with Crippen LogP contribution in [0.4, 0.5) is 4.39 Å². The van der Waals surface area contributed by atoms with E-state index in [4.69, 9.17) is 23.2 Å². The molecule has 2 aromatic carbocycles. The van der Waals surface area contributed by atoms with Gasteiger partial charge in [-0.15, -0.1) is 11.6 Å². The van der Waals surface area contributed by atoms with Crippen LogP contribution in [0.2, 0.25) is 5.02 Å². The summed E-state index contributed by atoms with van der Waals surface area (Å²) in [7, 11) is 0. The second kappa shape index (κ2) is 5.43. The summed E-state index contributed by atoms with van der Waals surface area (Å²) in [5.74, 6) is 0.703. The van der Waals surface area contributed by atoms with Gasteiger partial charge in [0.05, 0.1) is 16.9 Å². The van der Waals surface area contributed by atoms with Crippen molar-refractivity contribution >= 4 is 34.2 Å². The quantitative estimate of drug-likeness (QED) is 0.646. The zero-order chi connectivity index (χ0) is 14.1. The first-order valence-electron chi connectivity index (χ1n) is 6.12. The normalized spacial score (nSPS) is 11.2. The van der Waals surface area contributed by atoms with Gasteiger partial charge in [0, 0.05) is 11.6 Å². The molecule has 0 saturated carbocycles. The van der Waals surface area contributed by atoms with Crippen molar-refractivity contribution in [1.29, 1.82) is 0 Å². The van der Waals surface area contributed by atoms with Gasteiger partial charge in [0.1, 0.15) is 11.6 Å². The molecule has 0 fully saturated rings. The molecule has 5 heteroatoms. The van der Waals surface area contributed by atoms with Crippen molar-refractivity contribution in [1.82, 2.24) is 9.55 Å². The third kappa shape index (κ3) is 2.51. The molecule has 0 amide bonds. The Morgan fingerprint density at radius 1 is 1.15 bits per heavy atom. The smallest absolute Gasteiger partial charge is 0.125 e. The summed E-state index contributed by atoms with van der Waals surface area (Å²) in [6, 6.07) is 12.1. The Bertz CT molecular complexity index is 768. The Kier molecular flexibility index (Phi) is 3.64. The van der Waals surface area contributed by atoms with Gasteiger partial charge in [-0.2, -0.15) is 0 Å². The zero-order valence-corrected chi connectivity index (χ0v) is 12.0. The van der Waals surface area contributed by atoms with Gasteiger partial charge in [0.15, 0.2) is 0 Å². The molecule has 0 saturated heterocycles. The number of halogens is 3. The van der Waals surface area contributed by atoms with Crippen molar-refractivity contribution in [2.75, 3.05) is 0 Å². The molecule has 0 N–H and O–H groups in total. The van der Waals surface area contributed by atoms with Gasteiger partial charge < -0.3 is 4.57 Å². The van der Waals surface area contributed by atoms with Gasteiger partial charge in [0.25, 0.3) is 0 Å². The molecular weight excluding hydrogens is 298 g/mol. The molecule has 0 unspecified atom stereocenters. The van der Waals surface area contributed by atoms with Crippen LogP contribution in [0.5, 0.6) is 0 Å². The minimum Gasteiger partial charge on any atom is -0.322 e. The van der Waals surface area contributed by atoms with E-state index in [1.54, 1.807) is 6.07 Å². The lowest BCUT2D eigenvalue weighted by Gasteiger charge is -2.08. The van der Waals surface area contributed by atoms with Crippen molar-refractivity contribution < 1.29 is 4.39 Å². The highest BCUT2D eigenvalue weighted by Gasteiger charge is 2.11. The summed E-state index contributed by atoms with van der Waals surface area (Å²) in [4.78, 5) is 4.42. The molecule has 0 spiro atoms. The molecule has 3 aromatic rings. The molecule has 0 atom stereocenters. The summed E-state index contributed by atoms with van der Waals surface area (Å²) in [5, 5.41) is 0.672. The lowest BCUT2D eigenvalue weighted by Crippen LogP contribution is -2.03. The van der Waals surface area contributed by atoms with E-state index in [1.165, 1.54) is 12.1 Å². The maximum absolute atomic E-state index is 13.4. The summed E-state index contributed by atoms with van der Waals surface area (Å²) < 4.78 is 15.4. The Balaban J connectivity index is 2.11. The topological polar surface area (TPSA) is 17.8 Å². The number of alkyl halides is 1. The number of fused-ring (bicyclic) bond motifs is 1. The molecule has 102 valence electrons. The fraction of sp³-hybridized carbons (Fsp3) is 0.133. The lowest BCUT2D eigenvalue weighted by atomic mass is 10.2. The van der Waals surface area contributed by atoms with Crippen LogP contribution >= 0.6 is 23.2 Å². The van der Waals surface area contributed by atoms with E-state index >= 15 is 0 Å². The number of imidazole rings is 1. The van der Waals surface area contributed by atoms with Gasteiger partial charge in [-0.05, 0) is 35.9 Å². The number of aromatic nitrogens is 2. The molecule has 0 aliphatic carbocycles. The van der Waals surface area contributed by atoms with Gasteiger partial charge in [-0.1, -0.05) is 23.7 Å². The first-order chi connectivity index (χ1) is 9.67. The van der Waals surface area contributed by atoms with E-state index in [0.29, 0.717) is 17.4 Å². The SMILES string of the molecule is Fc1ccc2nc(CCl)n(Cc3cccc(Cl)c3)c2c1. The van der Waals surface area contributed by atoms with Gasteiger partial charge in [0.2, 0.25) is 0 Å². The Labute approximate surface area is 125 Å². The van der Waals surface area contributed by atoms with Gasteiger partial charge in [-0.25, -0.2) is 9.37 Å². The highest BCUT2D eigenvalue weighted by molar-refractivity contribution is 6.30. The molecule has 0 aliphatic rings. The number of hydrogen-bond acceptors (Lipinski definition) is 1. The number of hydrogen-bond donors (Lipinski definition) is 0. The fourth-order valence-electron chi connectivity index (χ4n) is 2.24. The highest BCUT2D eigenvalue weighted by Crippen LogP contribution is 2.21. The molecular formula is C15H11Cl2FN2. The van der Waals surface area contributed by atoms with E-state index in [9.17, 15) is 4.39 Å². The van der Waals surface area contributed by atoms with E-state index < -0.39 is 0 Å². The van der Waals surface area contributed by atoms with E-state index in [0.717, 1.165) is 16.6 Å². The molecule has 2 nitrogen and oxygen atoms in total. The summed E-state index contributed by atoms with van der Waals surface area (Å²) in [5.41, 5.74) is 2.50. The first kappa shape index (κ1) is 13.4. The lowest BCUT2D eigenvalue weighted by molar-refractivity contribution is 0.628. The predicted octanol–water partition coefficient (Wildman–Crippen LogP) is 4.62. The number of rotatable bonds is 3. The van der Waals surface area contributed by atoms with Crippen molar-refractivity contribution in [3.8, 4) is 0 Å². The number of nitrogens with zero attached hydrogens (tertiary/aromatic N) is 2. The van der Waals surface area contributed by atoms with Crippen LogP contribution in [-0.2, 0) is 12.4 Å². The van der Waals surface area contributed by atoms with Crippen LogP contribution < -0.4 is 0 Å².